The quantitative estimate of drug-likeness (QED) is 0.845. The Morgan fingerprint density at radius 3 is 2.62 bits per heavy atom. The molecule has 3 fully saturated rings. The van der Waals surface area contributed by atoms with Crippen molar-refractivity contribution in [2.24, 2.45) is 5.73 Å². The molecule has 0 saturated carbocycles. The molecule has 154 valence electrons. The van der Waals surface area contributed by atoms with Crippen molar-refractivity contribution in [1.29, 1.82) is 0 Å². The Labute approximate surface area is 169 Å². The third-order valence-electron chi connectivity index (χ3n) is 6.96. The van der Waals surface area contributed by atoms with E-state index in [0.717, 1.165) is 12.8 Å². The lowest BCUT2D eigenvalue weighted by atomic mass is 9.81. The van der Waals surface area contributed by atoms with Gasteiger partial charge in [0, 0.05) is 31.2 Å². The molecule has 2 atom stereocenters. The SMILES string of the molecule is CN1C2CCCC1CC(N1CCN(c3nc4c(C(N)=O)cccc4o3)CC1=O)C2. The average molecular weight is 397 g/mol. The molecule has 2 amide bonds. The number of piperidine rings is 2. The minimum absolute atomic E-state index is 0.126. The lowest BCUT2D eigenvalue weighted by molar-refractivity contribution is -0.136. The average Bonchev–Trinajstić information content (AvgIpc) is 3.12. The maximum atomic E-state index is 13.0. The summed E-state index contributed by atoms with van der Waals surface area (Å²) in [5.41, 5.74) is 6.73. The highest BCUT2D eigenvalue weighted by atomic mass is 16.4. The van der Waals surface area contributed by atoms with Crippen molar-refractivity contribution < 1.29 is 14.0 Å². The second kappa shape index (κ2) is 7.02. The van der Waals surface area contributed by atoms with Gasteiger partial charge in [-0.3, -0.25) is 9.59 Å². The number of hydrogen-bond acceptors (Lipinski definition) is 6. The summed E-state index contributed by atoms with van der Waals surface area (Å²) in [7, 11) is 2.23. The van der Waals surface area contributed by atoms with Crippen LogP contribution in [0.4, 0.5) is 6.01 Å². The number of benzene rings is 1. The molecule has 4 heterocycles. The van der Waals surface area contributed by atoms with Gasteiger partial charge in [0.1, 0.15) is 12.1 Å². The molecule has 2 unspecified atom stereocenters. The summed E-state index contributed by atoms with van der Waals surface area (Å²) in [6.07, 6.45) is 5.93. The molecule has 1 aromatic heterocycles. The number of fused-ring (bicyclic) bond motifs is 3. The Balaban J connectivity index is 1.32. The second-order valence-electron chi connectivity index (χ2n) is 8.55. The highest BCUT2D eigenvalue weighted by Crippen LogP contribution is 2.35. The van der Waals surface area contributed by atoms with Crippen molar-refractivity contribution in [3.8, 4) is 0 Å². The molecule has 8 nitrogen and oxygen atoms in total. The molecule has 0 radical (unpaired) electrons. The largest absolute Gasteiger partial charge is 0.423 e. The fourth-order valence-electron chi connectivity index (χ4n) is 5.35. The van der Waals surface area contributed by atoms with Gasteiger partial charge in [0.15, 0.2) is 5.58 Å². The summed E-state index contributed by atoms with van der Waals surface area (Å²) in [6, 6.07) is 7.02. The van der Waals surface area contributed by atoms with Crippen molar-refractivity contribution >= 4 is 28.9 Å². The topological polar surface area (TPSA) is 95.9 Å². The number of carbonyl (C=O) groups excluding carboxylic acids is 2. The zero-order chi connectivity index (χ0) is 20.1. The number of anilines is 1. The predicted molar refractivity (Wildman–Crippen MR) is 109 cm³/mol. The first-order valence-corrected chi connectivity index (χ1v) is 10.5. The molecular weight excluding hydrogens is 370 g/mol. The molecule has 1 aromatic carbocycles. The zero-order valence-electron chi connectivity index (χ0n) is 16.7. The summed E-state index contributed by atoms with van der Waals surface area (Å²) in [6.45, 7) is 1.60. The smallest absolute Gasteiger partial charge is 0.298 e. The molecule has 8 heteroatoms. The van der Waals surface area contributed by atoms with E-state index in [4.69, 9.17) is 10.2 Å². The Bertz CT molecular complexity index is 943. The van der Waals surface area contributed by atoms with E-state index < -0.39 is 5.91 Å². The summed E-state index contributed by atoms with van der Waals surface area (Å²) < 4.78 is 5.83. The van der Waals surface area contributed by atoms with Gasteiger partial charge in [0.05, 0.1) is 5.56 Å². The van der Waals surface area contributed by atoms with E-state index in [1.807, 2.05) is 4.90 Å². The monoisotopic (exact) mass is 397 g/mol. The fourth-order valence-corrected chi connectivity index (χ4v) is 5.35. The van der Waals surface area contributed by atoms with Gasteiger partial charge >= 0.3 is 0 Å². The van der Waals surface area contributed by atoms with Crippen LogP contribution in [0.3, 0.4) is 0 Å². The van der Waals surface area contributed by atoms with Crippen LogP contribution in [0, 0.1) is 0 Å². The van der Waals surface area contributed by atoms with Gasteiger partial charge in [-0.2, -0.15) is 4.98 Å². The number of nitrogens with two attached hydrogens (primary N) is 1. The summed E-state index contributed by atoms with van der Waals surface area (Å²) in [4.78, 5) is 35.6. The minimum Gasteiger partial charge on any atom is -0.423 e. The van der Waals surface area contributed by atoms with Gasteiger partial charge < -0.3 is 24.9 Å². The summed E-state index contributed by atoms with van der Waals surface area (Å²) in [5, 5.41) is 0. The number of para-hydroxylation sites is 1. The number of nitrogens with zero attached hydrogens (tertiary/aromatic N) is 4. The van der Waals surface area contributed by atoms with Crippen LogP contribution < -0.4 is 10.6 Å². The van der Waals surface area contributed by atoms with Gasteiger partial charge in [-0.15, -0.1) is 0 Å². The van der Waals surface area contributed by atoms with Gasteiger partial charge in [-0.05, 0) is 44.9 Å². The minimum atomic E-state index is -0.538. The Kier molecular flexibility index (Phi) is 4.46. The highest BCUT2D eigenvalue weighted by Gasteiger charge is 2.41. The van der Waals surface area contributed by atoms with Crippen LogP contribution in [-0.2, 0) is 4.79 Å². The Hall–Kier alpha value is -2.61. The van der Waals surface area contributed by atoms with Crippen LogP contribution in [0.15, 0.2) is 22.6 Å². The lowest BCUT2D eigenvalue weighted by Crippen LogP contribution is -2.60. The van der Waals surface area contributed by atoms with Gasteiger partial charge in [-0.25, -0.2) is 0 Å². The third kappa shape index (κ3) is 3.15. The van der Waals surface area contributed by atoms with E-state index in [1.54, 1.807) is 18.2 Å². The molecule has 3 saturated heterocycles. The van der Waals surface area contributed by atoms with E-state index in [9.17, 15) is 9.59 Å². The number of piperazine rings is 1. The second-order valence-corrected chi connectivity index (χ2v) is 8.55. The zero-order valence-corrected chi connectivity index (χ0v) is 16.7. The van der Waals surface area contributed by atoms with Crippen molar-refractivity contribution in [3.63, 3.8) is 0 Å². The van der Waals surface area contributed by atoms with Crippen molar-refractivity contribution in [3.05, 3.63) is 23.8 Å². The molecule has 29 heavy (non-hydrogen) atoms. The molecule has 5 rings (SSSR count). The number of amides is 2. The van der Waals surface area contributed by atoms with Crippen molar-refractivity contribution in [2.75, 3.05) is 31.6 Å². The third-order valence-corrected chi connectivity index (χ3v) is 6.96. The number of oxazole rings is 1. The van der Waals surface area contributed by atoms with Gasteiger partial charge in [0.2, 0.25) is 5.91 Å². The van der Waals surface area contributed by atoms with Crippen molar-refractivity contribution in [1.82, 2.24) is 14.8 Å². The first-order chi connectivity index (χ1) is 14.0. The van der Waals surface area contributed by atoms with Crippen LogP contribution in [-0.4, -0.2) is 71.4 Å². The molecule has 0 aliphatic carbocycles. The maximum absolute atomic E-state index is 13.0. The van der Waals surface area contributed by atoms with Gasteiger partial charge in [-0.1, -0.05) is 12.5 Å². The fraction of sp³-hybridized carbons (Fsp3) is 0.571. The highest BCUT2D eigenvalue weighted by molar-refractivity contribution is 6.03. The molecule has 3 aliphatic rings. The first kappa shape index (κ1) is 18.4. The van der Waals surface area contributed by atoms with E-state index in [1.165, 1.54) is 19.3 Å². The van der Waals surface area contributed by atoms with Crippen LogP contribution in [0.5, 0.6) is 0 Å². The number of primary amides is 1. The molecular formula is C21H27N5O3. The van der Waals surface area contributed by atoms with Crippen LogP contribution in [0.25, 0.3) is 11.1 Å². The van der Waals surface area contributed by atoms with E-state index >= 15 is 0 Å². The lowest BCUT2D eigenvalue weighted by Gasteiger charge is -2.50. The molecule has 3 aliphatic heterocycles. The molecule has 2 N–H and O–H groups in total. The van der Waals surface area contributed by atoms with Crippen LogP contribution in [0.2, 0.25) is 0 Å². The van der Waals surface area contributed by atoms with Crippen molar-refractivity contribution in [2.45, 2.75) is 50.2 Å². The normalized spacial score (nSPS) is 28.2. The number of aromatic nitrogens is 1. The number of rotatable bonds is 3. The van der Waals surface area contributed by atoms with Crippen LogP contribution >= 0.6 is 0 Å². The number of hydrogen-bond donors (Lipinski definition) is 1. The molecule has 2 aromatic rings. The predicted octanol–water partition coefficient (Wildman–Crippen LogP) is 1.59. The molecule has 2 bridgehead atoms. The maximum Gasteiger partial charge on any atom is 0.298 e. The summed E-state index contributed by atoms with van der Waals surface area (Å²) in [5.74, 6) is -0.412. The van der Waals surface area contributed by atoms with E-state index in [0.29, 0.717) is 53.9 Å². The standard InChI is InChI=1S/C21H27N5O3/c1-24-13-4-2-5-14(24)11-15(10-13)26-9-8-25(12-18(26)27)21-23-19-16(20(22)28)6-3-7-17(19)29-21/h3,6-7,13-15H,2,4-5,8-12H2,1H3,(H2,22,28). The van der Waals surface area contributed by atoms with Crippen LogP contribution in [0.1, 0.15) is 42.5 Å². The van der Waals surface area contributed by atoms with E-state index in [-0.39, 0.29) is 12.5 Å². The van der Waals surface area contributed by atoms with Gasteiger partial charge in [0.25, 0.3) is 11.9 Å². The molecule has 0 spiro atoms. The summed E-state index contributed by atoms with van der Waals surface area (Å²) >= 11 is 0. The Morgan fingerprint density at radius 1 is 1.17 bits per heavy atom. The Morgan fingerprint density at radius 2 is 1.93 bits per heavy atom. The van der Waals surface area contributed by atoms with E-state index in [2.05, 4.69) is 21.8 Å². The first-order valence-electron chi connectivity index (χ1n) is 10.5. The number of carbonyl (C=O) groups is 2.